The fraction of sp³-hybridized carbons (Fsp3) is 0.600. The Morgan fingerprint density at radius 1 is 1.35 bits per heavy atom. The van der Waals surface area contributed by atoms with Crippen molar-refractivity contribution in [1.82, 2.24) is 9.97 Å². The SMILES string of the molecule is O=c1[nH]c(N2CCCCC2CO)c(Cl)c(=O)[nH]1. The lowest BCUT2D eigenvalue weighted by atomic mass is 10.0. The molecule has 0 radical (unpaired) electrons. The molecule has 1 aliphatic heterocycles. The second-order valence-corrected chi connectivity index (χ2v) is 4.47. The van der Waals surface area contributed by atoms with Crippen LogP contribution in [0.25, 0.3) is 0 Å². The minimum atomic E-state index is -0.604. The minimum Gasteiger partial charge on any atom is -0.394 e. The van der Waals surface area contributed by atoms with Gasteiger partial charge in [0.15, 0.2) is 0 Å². The van der Waals surface area contributed by atoms with Crippen LogP contribution in [0.1, 0.15) is 19.3 Å². The van der Waals surface area contributed by atoms with E-state index >= 15 is 0 Å². The fourth-order valence-corrected chi connectivity index (χ4v) is 2.34. The van der Waals surface area contributed by atoms with E-state index in [-0.39, 0.29) is 17.7 Å². The molecule has 0 aromatic carbocycles. The maximum absolute atomic E-state index is 11.4. The van der Waals surface area contributed by atoms with Gasteiger partial charge in [-0.3, -0.25) is 14.8 Å². The predicted octanol–water partition coefficient (Wildman–Crippen LogP) is 0.0678. The zero-order chi connectivity index (χ0) is 12.4. The van der Waals surface area contributed by atoms with Gasteiger partial charge >= 0.3 is 5.69 Å². The molecule has 7 heteroatoms. The highest BCUT2D eigenvalue weighted by atomic mass is 35.5. The molecule has 6 nitrogen and oxygen atoms in total. The quantitative estimate of drug-likeness (QED) is 0.701. The Labute approximate surface area is 102 Å². The summed E-state index contributed by atoms with van der Waals surface area (Å²) < 4.78 is 0. The number of hydrogen-bond acceptors (Lipinski definition) is 4. The molecule has 1 atom stereocenters. The van der Waals surface area contributed by atoms with Gasteiger partial charge < -0.3 is 10.0 Å². The lowest BCUT2D eigenvalue weighted by molar-refractivity contribution is 0.239. The summed E-state index contributed by atoms with van der Waals surface area (Å²) in [4.78, 5) is 29.0. The van der Waals surface area contributed by atoms with E-state index < -0.39 is 11.2 Å². The molecule has 1 aliphatic rings. The van der Waals surface area contributed by atoms with E-state index in [4.69, 9.17) is 11.6 Å². The molecule has 2 heterocycles. The second kappa shape index (κ2) is 4.93. The first-order valence-electron chi connectivity index (χ1n) is 5.53. The van der Waals surface area contributed by atoms with E-state index in [0.717, 1.165) is 19.3 Å². The van der Waals surface area contributed by atoms with Gasteiger partial charge in [-0.2, -0.15) is 0 Å². The van der Waals surface area contributed by atoms with Gasteiger partial charge in [0.1, 0.15) is 10.8 Å². The van der Waals surface area contributed by atoms with Gasteiger partial charge in [-0.05, 0) is 19.3 Å². The summed E-state index contributed by atoms with van der Waals surface area (Å²) in [7, 11) is 0. The van der Waals surface area contributed by atoms with Crippen molar-refractivity contribution in [2.24, 2.45) is 0 Å². The molecule has 0 aliphatic carbocycles. The van der Waals surface area contributed by atoms with Gasteiger partial charge in [-0.15, -0.1) is 0 Å². The first-order valence-corrected chi connectivity index (χ1v) is 5.91. The lowest BCUT2D eigenvalue weighted by Crippen LogP contribution is -2.44. The molecule has 94 valence electrons. The summed E-state index contributed by atoms with van der Waals surface area (Å²) in [6, 6.07) is -0.0984. The van der Waals surface area contributed by atoms with Crippen LogP contribution in [0.4, 0.5) is 5.82 Å². The number of aliphatic hydroxyl groups is 1. The number of halogens is 1. The zero-order valence-electron chi connectivity index (χ0n) is 9.20. The summed E-state index contributed by atoms with van der Waals surface area (Å²) in [6.07, 6.45) is 2.79. The lowest BCUT2D eigenvalue weighted by Gasteiger charge is -2.36. The number of aromatic amines is 2. The molecular formula is C10H14ClN3O3. The van der Waals surface area contributed by atoms with Crippen LogP contribution in [0.2, 0.25) is 5.02 Å². The monoisotopic (exact) mass is 259 g/mol. The maximum Gasteiger partial charge on any atom is 0.327 e. The molecular weight excluding hydrogens is 246 g/mol. The number of aliphatic hydroxyl groups excluding tert-OH is 1. The topological polar surface area (TPSA) is 89.2 Å². The number of H-pyrrole nitrogens is 2. The van der Waals surface area contributed by atoms with Gasteiger partial charge in [-0.1, -0.05) is 11.6 Å². The number of nitrogens with one attached hydrogen (secondary N) is 2. The summed E-state index contributed by atoms with van der Waals surface area (Å²) in [5.74, 6) is 0.305. The van der Waals surface area contributed by atoms with Crippen LogP contribution in [0.5, 0.6) is 0 Å². The summed E-state index contributed by atoms with van der Waals surface area (Å²) in [5, 5.41) is 9.25. The number of anilines is 1. The van der Waals surface area contributed by atoms with Crippen LogP contribution in [0, 0.1) is 0 Å². The van der Waals surface area contributed by atoms with Crippen molar-refractivity contribution in [3.63, 3.8) is 0 Å². The van der Waals surface area contributed by atoms with E-state index in [1.54, 1.807) is 4.90 Å². The van der Waals surface area contributed by atoms with Crippen LogP contribution in [-0.2, 0) is 0 Å². The summed E-state index contributed by atoms with van der Waals surface area (Å²) in [6.45, 7) is 0.648. The molecule has 0 saturated carbocycles. The molecule has 0 spiro atoms. The Bertz CT molecular complexity index is 510. The van der Waals surface area contributed by atoms with E-state index in [1.165, 1.54) is 0 Å². The molecule has 2 rings (SSSR count). The normalized spacial score (nSPS) is 20.6. The molecule has 0 bridgehead atoms. The minimum absolute atomic E-state index is 0.0227. The Morgan fingerprint density at radius 3 is 2.82 bits per heavy atom. The van der Waals surface area contributed by atoms with Gasteiger partial charge in [0.2, 0.25) is 0 Å². The van der Waals surface area contributed by atoms with Crippen LogP contribution in [-0.4, -0.2) is 34.3 Å². The van der Waals surface area contributed by atoms with Gasteiger partial charge in [-0.25, -0.2) is 4.79 Å². The van der Waals surface area contributed by atoms with Crippen molar-refractivity contribution in [3.05, 3.63) is 25.9 Å². The molecule has 1 aromatic heterocycles. The van der Waals surface area contributed by atoms with Gasteiger partial charge in [0.25, 0.3) is 5.56 Å². The van der Waals surface area contributed by atoms with Crippen molar-refractivity contribution in [2.75, 3.05) is 18.1 Å². The van der Waals surface area contributed by atoms with E-state index in [0.29, 0.717) is 12.4 Å². The standard InChI is InChI=1S/C10H14ClN3O3/c11-7-8(12-10(17)13-9(7)16)14-4-2-1-3-6(14)5-15/h6,15H,1-5H2,(H2,12,13,16,17). The highest BCUT2D eigenvalue weighted by Gasteiger charge is 2.25. The van der Waals surface area contributed by atoms with Crippen LogP contribution >= 0.6 is 11.6 Å². The molecule has 1 saturated heterocycles. The Morgan fingerprint density at radius 2 is 2.12 bits per heavy atom. The van der Waals surface area contributed by atoms with Crippen molar-refractivity contribution in [2.45, 2.75) is 25.3 Å². The second-order valence-electron chi connectivity index (χ2n) is 4.10. The number of nitrogens with zero attached hydrogens (tertiary/aromatic N) is 1. The smallest absolute Gasteiger partial charge is 0.327 e. The van der Waals surface area contributed by atoms with Crippen molar-refractivity contribution < 1.29 is 5.11 Å². The van der Waals surface area contributed by atoms with Gasteiger partial charge in [0.05, 0.1) is 12.6 Å². The Hall–Kier alpha value is -1.27. The van der Waals surface area contributed by atoms with Crippen molar-refractivity contribution in [1.29, 1.82) is 0 Å². The van der Waals surface area contributed by atoms with Crippen molar-refractivity contribution in [3.8, 4) is 0 Å². The molecule has 1 aromatic rings. The van der Waals surface area contributed by atoms with Gasteiger partial charge in [0, 0.05) is 6.54 Å². The third-order valence-corrected chi connectivity index (χ3v) is 3.34. The predicted molar refractivity (Wildman–Crippen MR) is 64.8 cm³/mol. The summed E-state index contributed by atoms with van der Waals surface area (Å²) >= 11 is 5.88. The summed E-state index contributed by atoms with van der Waals surface area (Å²) in [5.41, 5.74) is -1.19. The number of piperidine rings is 1. The van der Waals surface area contributed by atoms with E-state index in [1.807, 2.05) is 0 Å². The molecule has 3 N–H and O–H groups in total. The molecule has 0 amide bonds. The van der Waals surface area contributed by atoms with Crippen LogP contribution in [0.3, 0.4) is 0 Å². The Kier molecular flexibility index (Phi) is 3.54. The number of rotatable bonds is 2. The largest absolute Gasteiger partial charge is 0.394 e. The number of aromatic nitrogens is 2. The van der Waals surface area contributed by atoms with Crippen LogP contribution in [0.15, 0.2) is 9.59 Å². The van der Waals surface area contributed by atoms with Crippen molar-refractivity contribution >= 4 is 17.4 Å². The first-order chi connectivity index (χ1) is 8.13. The van der Waals surface area contributed by atoms with E-state index in [2.05, 4.69) is 9.97 Å². The maximum atomic E-state index is 11.4. The highest BCUT2D eigenvalue weighted by Crippen LogP contribution is 2.25. The average molecular weight is 260 g/mol. The molecule has 1 fully saturated rings. The molecule has 1 unspecified atom stereocenters. The van der Waals surface area contributed by atoms with E-state index in [9.17, 15) is 14.7 Å². The number of hydrogen-bond donors (Lipinski definition) is 3. The highest BCUT2D eigenvalue weighted by molar-refractivity contribution is 6.32. The van der Waals surface area contributed by atoms with Crippen LogP contribution < -0.4 is 16.1 Å². The Balaban J connectivity index is 2.44. The fourth-order valence-electron chi connectivity index (χ4n) is 2.14. The molecule has 17 heavy (non-hydrogen) atoms. The first kappa shape index (κ1) is 12.2. The zero-order valence-corrected chi connectivity index (χ0v) is 9.96. The average Bonchev–Trinajstić information content (AvgIpc) is 2.33. The third kappa shape index (κ3) is 2.37. The third-order valence-electron chi connectivity index (χ3n) is 2.99.